The maximum atomic E-state index is 5.84. The molecule has 0 aromatic heterocycles. The Morgan fingerprint density at radius 3 is 2.56 bits per heavy atom. The van der Waals surface area contributed by atoms with E-state index in [1.807, 2.05) is 0 Å². The number of hydrogen-bond donors (Lipinski definition) is 1. The molecule has 1 heterocycles. The van der Waals surface area contributed by atoms with E-state index in [0.717, 1.165) is 0 Å². The third-order valence-corrected chi connectivity index (χ3v) is 2.29. The molecule has 2 unspecified atom stereocenters. The second-order valence-electron chi connectivity index (χ2n) is 2.91. The minimum absolute atomic E-state index is 0.431. The summed E-state index contributed by atoms with van der Waals surface area (Å²) in [6, 6.07) is 1.07. The highest BCUT2D eigenvalue weighted by molar-refractivity contribution is 4.86. The number of hydrogen-bond acceptors (Lipinski definition) is 2. The van der Waals surface area contributed by atoms with Gasteiger partial charge in [0.1, 0.15) is 0 Å². The molecule has 0 amide bonds. The van der Waals surface area contributed by atoms with Crippen molar-refractivity contribution < 1.29 is 0 Å². The Morgan fingerprint density at radius 1 is 1.67 bits per heavy atom. The lowest BCUT2D eigenvalue weighted by Gasteiger charge is -2.20. The fourth-order valence-electron chi connectivity index (χ4n) is 1.65. The van der Waals surface area contributed by atoms with Crippen LogP contribution in [-0.2, 0) is 0 Å². The lowest BCUT2D eigenvalue weighted by molar-refractivity contribution is 0.291. The average molecular weight is 128 g/mol. The molecule has 2 heteroatoms. The SMILES string of the molecule is CCC1C(N)CCN1C. The lowest BCUT2D eigenvalue weighted by Crippen LogP contribution is -2.36. The van der Waals surface area contributed by atoms with Gasteiger partial charge in [0.25, 0.3) is 0 Å². The molecule has 0 aromatic carbocycles. The first-order valence-corrected chi connectivity index (χ1v) is 3.71. The van der Waals surface area contributed by atoms with Crippen molar-refractivity contribution in [3.8, 4) is 0 Å². The first-order chi connectivity index (χ1) is 4.25. The summed E-state index contributed by atoms with van der Waals surface area (Å²) in [6.07, 6.45) is 2.37. The highest BCUT2D eigenvalue weighted by Crippen LogP contribution is 2.15. The van der Waals surface area contributed by atoms with Crippen LogP contribution in [0.4, 0.5) is 0 Å². The number of likely N-dealkylation sites (N-methyl/N-ethyl adjacent to an activating group) is 1. The molecular formula is C7H16N2. The molecule has 0 spiro atoms. The van der Waals surface area contributed by atoms with Gasteiger partial charge in [-0.05, 0) is 26.4 Å². The minimum atomic E-state index is 0.431. The topological polar surface area (TPSA) is 29.3 Å². The van der Waals surface area contributed by atoms with Crippen LogP contribution in [0.3, 0.4) is 0 Å². The third-order valence-electron chi connectivity index (χ3n) is 2.29. The van der Waals surface area contributed by atoms with Crippen LogP contribution in [0.25, 0.3) is 0 Å². The van der Waals surface area contributed by atoms with Gasteiger partial charge in [-0.15, -0.1) is 0 Å². The Bertz CT molecular complexity index is 82.9. The monoisotopic (exact) mass is 128 g/mol. The predicted molar refractivity (Wildman–Crippen MR) is 39.3 cm³/mol. The van der Waals surface area contributed by atoms with Gasteiger partial charge in [0.2, 0.25) is 0 Å². The maximum Gasteiger partial charge on any atom is 0.0242 e. The van der Waals surface area contributed by atoms with Gasteiger partial charge in [0, 0.05) is 12.1 Å². The van der Waals surface area contributed by atoms with E-state index < -0.39 is 0 Å². The zero-order valence-corrected chi connectivity index (χ0v) is 6.30. The number of rotatable bonds is 1. The van der Waals surface area contributed by atoms with Crippen LogP contribution in [-0.4, -0.2) is 30.6 Å². The number of likely N-dealkylation sites (tertiary alicyclic amines) is 1. The largest absolute Gasteiger partial charge is 0.326 e. The Balaban J connectivity index is 2.44. The van der Waals surface area contributed by atoms with Crippen LogP contribution in [0.1, 0.15) is 19.8 Å². The van der Waals surface area contributed by atoms with Gasteiger partial charge >= 0.3 is 0 Å². The summed E-state index contributed by atoms with van der Waals surface area (Å²) in [6.45, 7) is 3.38. The van der Waals surface area contributed by atoms with Crippen LogP contribution in [0.2, 0.25) is 0 Å². The number of nitrogens with zero attached hydrogens (tertiary/aromatic N) is 1. The zero-order valence-electron chi connectivity index (χ0n) is 6.30. The second kappa shape index (κ2) is 2.67. The molecule has 1 aliphatic rings. The standard InChI is InChI=1S/C7H16N2/c1-3-7-6(8)4-5-9(7)2/h6-7H,3-5,8H2,1-2H3. The summed E-state index contributed by atoms with van der Waals surface area (Å²) in [4.78, 5) is 2.35. The minimum Gasteiger partial charge on any atom is -0.326 e. The van der Waals surface area contributed by atoms with Crippen LogP contribution in [0, 0.1) is 0 Å². The van der Waals surface area contributed by atoms with Crippen molar-refractivity contribution in [3.63, 3.8) is 0 Å². The van der Waals surface area contributed by atoms with Crippen molar-refractivity contribution in [1.82, 2.24) is 4.90 Å². The van der Waals surface area contributed by atoms with Crippen molar-refractivity contribution in [2.75, 3.05) is 13.6 Å². The molecule has 9 heavy (non-hydrogen) atoms. The van der Waals surface area contributed by atoms with Crippen molar-refractivity contribution in [2.24, 2.45) is 5.73 Å². The first kappa shape index (κ1) is 7.03. The van der Waals surface area contributed by atoms with E-state index in [-0.39, 0.29) is 0 Å². The van der Waals surface area contributed by atoms with Gasteiger partial charge < -0.3 is 10.6 Å². The van der Waals surface area contributed by atoms with Gasteiger partial charge in [-0.3, -0.25) is 0 Å². The molecule has 54 valence electrons. The molecule has 0 bridgehead atoms. The fourth-order valence-corrected chi connectivity index (χ4v) is 1.65. The van der Waals surface area contributed by atoms with Crippen LogP contribution in [0.15, 0.2) is 0 Å². The predicted octanol–water partition coefficient (Wildman–Crippen LogP) is 0.428. The molecule has 2 atom stereocenters. The van der Waals surface area contributed by atoms with E-state index in [2.05, 4.69) is 18.9 Å². The van der Waals surface area contributed by atoms with E-state index in [1.165, 1.54) is 19.4 Å². The summed E-state index contributed by atoms with van der Waals surface area (Å²) in [5.74, 6) is 0. The quantitative estimate of drug-likeness (QED) is 0.555. The van der Waals surface area contributed by atoms with Gasteiger partial charge in [-0.25, -0.2) is 0 Å². The summed E-state index contributed by atoms with van der Waals surface area (Å²) >= 11 is 0. The van der Waals surface area contributed by atoms with E-state index in [0.29, 0.717) is 12.1 Å². The highest BCUT2D eigenvalue weighted by atomic mass is 15.2. The van der Waals surface area contributed by atoms with E-state index >= 15 is 0 Å². The summed E-state index contributed by atoms with van der Waals surface area (Å²) in [7, 11) is 2.15. The van der Waals surface area contributed by atoms with Crippen LogP contribution < -0.4 is 5.73 Å². The molecule has 0 radical (unpaired) electrons. The molecule has 0 saturated carbocycles. The van der Waals surface area contributed by atoms with Crippen molar-refractivity contribution in [1.29, 1.82) is 0 Å². The second-order valence-corrected chi connectivity index (χ2v) is 2.91. The summed E-state index contributed by atoms with van der Waals surface area (Å²) < 4.78 is 0. The molecule has 0 aliphatic carbocycles. The fraction of sp³-hybridized carbons (Fsp3) is 1.00. The Morgan fingerprint density at radius 2 is 2.33 bits per heavy atom. The Hall–Kier alpha value is -0.0800. The molecule has 1 saturated heterocycles. The molecule has 2 N–H and O–H groups in total. The average Bonchev–Trinajstić information content (AvgIpc) is 2.12. The molecule has 0 aromatic rings. The zero-order chi connectivity index (χ0) is 6.85. The Labute approximate surface area is 57.0 Å². The van der Waals surface area contributed by atoms with Crippen molar-refractivity contribution in [2.45, 2.75) is 31.8 Å². The van der Waals surface area contributed by atoms with Crippen LogP contribution in [0.5, 0.6) is 0 Å². The maximum absolute atomic E-state index is 5.84. The molecule has 1 aliphatic heterocycles. The highest BCUT2D eigenvalue weighted by Gasteiger charge is 2.26. The summed E-state index contributed by atoms with van der Waals surface area (Å²) in [5.41, 5.74) is 5.84. The van der Waals surface area contributed by atoms with Gasteiger partial charge in [-0.1, -0.05) is 6.92 Å². The lowest BCUT2D eigenvalue weighted by atomic mass is 10.1. The smallest absolute Gasteiger partial charge is 0.0242 e. The van der Waals surface area contributed by atoms with E-state index in [4.69, 9.17) is 5.73 Å². The number of nitrogens with two attached hydrogens (primary N) is 1. The summed E-state index contributed by atoms with van der Waals surface area (Å²) in [5, 5.41) is 0. The van der Waals surface area contributed by atoms with E-state index in [9.17, 15) is 0 Å². The molecule has 2 nitrogen and oxygen atoms in total. The van der Waals surface area contributed by atoms with Crippen LogP contribution >= 0.6 is 0 Å². The van der Waals surface area contributed by atoms with Gasteiger partial charge in [-0.2, -0.15) is 0 Å². The molecule has 1 rings (SSSR count). The third kappa shape index (κ3) is 1.25. The normalized spacial score (nSPS) is 37.7. The van der Waals surface area contributed by atoms with Gasteiger partial charge in [0.05, 0.1) is 0 Å². The molecular weight excluding hydrogens is 112 g/mol. The van der Waals surface area contributed by atoms with Crippen molar-refractivity contribution >= 4 is 0 Å². The van der Waals surface area contributed by atoms with Crippen molar-refractivity contribution in [3.05, 3.63) is 0 Å². The molecule has 1 fully saturated rings. The first-order valence-electron chi connectivity index (χ1n) is 3.71. The van der Waals surface area contributed by atoms with E-state index in [1.54, 1.807) is 0 Å². The Kier molecular flexibility index (Phi) is 2.09. The van der Waals surface area contributed by atoms with Gasteiger partial charge in [0.15, 0.2) is 0 Å².